The highest BCUT2D eigenvalue weighted by Crippen LogP contribution is 2.15. The third kappa shape index (κ3) is 5.25. The number of amides is 1. The smallest absolute Gasteiger partial charge is 0.254 e. The maximum Gasteiger partial charge on any atom is 0.254 e. The molecule has 0 bridgehead atoms. The van der Waals surface area contributed by atoms with Crippen LogP contribution >= 0.6 is 0 Å². The van der Waals surface area contributed by atoms with Gasteiger partial charge in [-0.3, -0.25) is 4.79 Å². The van der Waals surface area contributed by atoms with Crippen molar-refractivity contribution < 1.29 is 9.53 Å². The Morgan fingerprint density at radius 3 is 2.19 bits per heavy atom. The maximum atomic E-state index is 11.7. The molecular weight excluding hydrogens is 268 g/mol. The quantitative estimate of drug-likeness (QED) is 0.653. The summed E-state index contributed by atoms with van der Waals surface area (Å²) in [6, 6.07) is 7.11. The van der Waals surface area contributed by atoms with Crippen molar-refractivity contribution in [1.82, 2.24) is 0 Å². The Morgan fingerprint density at radius 1 is 1.14 bits per heavy atom. The molecule has 114 valence electrons. The fraction of sp³-hybridized carbons (Fsp3) is 0.400. The number of amidine groups is 1. The molecule has 1 amide bonds. The maximum absolute atomic E-state index is 11.7. The van der Waals surface area contributed by atoms with Crippen molar-refractivity contribution in [2.24, 2.45) is 26.9 Å². The standard InChI is InChI=1S/C15H22N4O2/c1-5-21-11-8-6-10(7-9-11)12(16)18-14(17)19-13(20)15(2,3)4/h6-9H,5H2,1-4H3,(H4,16,17,18,19,20). The lowest BCUT2D eigenvalue weighted by Crippen LogP contribution is -2.24. The van der Waals surface area contributed by atoms with Crippen LogP contribution in [0.2, 0.25) is 0 Å². The molecule has 6 nitrogen and oxygen atoms in total. The molecule has 0 aromatic heterocycles. The zero-order chi connectivity index (χ0) is 16.0. The Hall–Kier alpha value is -2.37. The number of nitrogens with zero attached hydrogens (tertiary/aromatic N) is 2. The van der Waals surface area contributed by atoms with Gasteiger partial charge in [0.25, 0.3) is 5.91 Å². The highest BCUT2D eigenvalue weighted by atomic mass is 16.5. The summed E-state index contributed by atoms with van der Waals surface area (Å²) < 4.78 is 5.34. The van der Waals surface area contributed by atoms with Crippen LogP contribution in [-0.4, -0.2) is 24.3 Å². The van der Waals surface area contributed by atoms with Gasteiger partial charge < -0.3 is 16.2 Å². The molecular formula is C15H22N4O2. The number of hydrogen-bond donors (Lipinski definition) is 2. The Labute approximate surface area is 124 Å². The second-order valence-corrected chi connectivity index (χ2v) is 5.48. The van der Waals surface area contributed by atoms with Crippen molar-refractivity contribution >= 4 is 17.7 Å². The Bertz CT molecular complexity index is 554. The van der Waals surface area contributed by atoms with E-state index >= 15 is 0 Å². The van der Waals surface area contributed by atoms with Crippen molar-refractivity contribution in [3.63, 3.8) is 0 Å². The topological polar surface area (TPSA) is 103 Å². The van der Waals surface area contributed by atoms with E-state index in [1.807, 2.05) is 6.92 Å². The summed E-state index contributed by atoms with van der Waals surface area (Å²) >= 11 is 0. The number of aliphatic imine (C=N–C) groups is 2. The van der Waals surface area contributed by atoms with Gasteiger partial charge in [0.1, 0.15) is 11.6 Å². The molecule has 1 aromatic carbocycles. The van der Waals surface area contributed by atoms with E-state index in [0.29, 0.717) is 12.2 Å². The van der Waals surface area contributed by atoms with Crippen LogP contribution < -0.4 is 16.2 Å². The van der Waals surface area contributed by atoms with Gasteiger partial charge in [0.05, 0.1) is 6.61 Å². The van der Waals surface area contributed by atoms with Gasteiger partial charge in [-0.15, -0.1) is 0 Å². The van der Waals surface area contributed by atoms with E-state index in [9.17, 15) is 4.79 Å². The first-order valence-corrected chi connectivity index (χ1v) is 6.70. The van der Waals surface area contributed by atoms with E-state index in [1.54, 1.807) is 45.0 Å². The van der Waals surface area contributed by atoms with E-state index in [-0.39, 0.29) is 17.7 Å². The fourth-order valence-electron chi connectivity index (χ4n) is 1.37. The number of benzene rings is 1. The van der Waals surface area contributed by atoms with Crippen LogP contribution in [0.5, 0.6) is 5.75 Å². The first-order valence-electron chi connectivity index (χ1n) is 6.70. The number of nitrogens with two attached hydrogens (primary N) is 2. The third-order valence-corrected chi connectivity index (χ3v) is 2.55. The van der Waals surface area contributed by atoms with Crippen LogP contribution in [0.3, 0.4) is 0 Å². The minimum atomic E-state index is -0.603. The van der Waals surface area contributed by atoms with E-state index in [1.165, 1.54) is 0 Å². The predicted octanol–water partition coefficient (Wildman–Crippen LogP) is 1.68. The second-order valence-electron chi connectivity index (χ2n) is 5.48. The largest absolute Gasteiger partial charge is 0.494 e. The molecule has 0 aliphatic carbocycles. The van der Waals surface area contributed by atoms with Crippen LogP contribution in [0.1, 0.15) is 33.3 Å². The Balaban J connectivity index is 2.89. The summed E-state index contributed by atoms with van der Waals surface area (Å²) in [5.41, 5.74) is 11.5. The molecule has 1 rings (SSSR count). The first-order chi connectivity index (χ1) is 9.74. The molecule has 0 radical (unpaired) electrons. The minimum Gasteiger partial charge on any atom is -0.494 e. The summed E-state index contributed by atoms with van der Waals surface area (Å²) in [7, 11) is 0. The lowest BCUT2D eigenvalue weighted by molar-refractivity contribution is -0.124. The molecule has 4 N–H and O–H groups in total. The number of ether oxygens (including phenoxy) is 1. The first kappa shape index (κ1) is 16.7. The van der Waals surface area contributed by atoms with Crippen LogP contribution in [0.4, 0.5) is 0 Å². The Kier molecular flexibility index (Phi) is 5.46. The highest BCUT2D eigenvalue weighted by Gasteiger charge is 2.20. The van der Waals surface area contributed by atoms with Crippen LogP contribution in [0.25, 0.3) is 0 Å². The second kappa shape index (κ2) is 6.88. The van der Waals surface area contributed by atoms with Gasteiger partial charge in [-0.05, 0) is 31.2 Å². The molecule has 0 heterocycles. The molecule has 6 heteroatoms. The lowest BCUT2D eigenvalue weighted by atomic mass is 9.96. The van der Waals surface area contributed by atoms with Gasteiger partial charge in [-0.2, -0.15) is 9.98 Å². The molecule has 0 fully saturated rings. The van der Waals surface area contributed by atoms with Crippen LogP contribution in [-0.2, 0) is 4.79 Å². The van der Waals surface area contributed by atoms with Gasteiger partial charge >= 0.3 is 0 Å². The molecule has 0 aliphatic heterocycles. The van der Waals surface area contributed by atoms with Gasteiger partial charge in [0.2, 0.25) is 5.96 Å². The van der Waals surface area contributed by atoms with E-state index in [4.69, 9.17) is 16.2 Å². The fourth-order valence-corrected chi connectivity index (χ4v) is 1.37. The molecule has 0 atom stereocenters. The highest BCUT2D eigenvalue weighted by molar-refractivity contribution is 6.06. The van der Waals surface area contributed by atoms with E-state index in [0.717, 1.165) is 5.75 Å². The molecule has 0 spiro atoms. The van der Waals surface area contributed by atoms with Gasteiger partial charge in [-0.1, -0.05) is 20.8 Å². The summed E-state index contributed by atoms with van der Waals surface area (Å²) in [6.45, 7) is 7.77. The summed E-state index contributed by atoms with van der Waals surface area (Å²) in [5.74, 6) is 0.448. The Morgan fingerprint density at radius 2 is 1.71 bits per heavy atom. The van der Waals surface area contributed by atoms with Crippen LogP contribution in [0, 0.1) is 5.41 Å². The molecule has 1 aromatic rings. The number of guanidine groups is 1. The number of hydrogen-bond acceptors (Lipinski definition) is 2. The van der Waals surface area contributed by atoms with Crippen molar-refractivity contribution in [2.75, 3.05) is 6.61 Å². The van der Waals surface area contributed by atoms with Gasteiger partial charge in [0, 0.05) is 11.0 Å². The normalized spacial score (nSPS) is 13.1. The lowest BCUT2D eigenvalue weighted by Gasteiger charge is -2.12. The molecule has 0 unspecified atom stereocenters. The zero-order valence-electron chi connectivity index (χ0n) is 12.9. The van der Waals surface area contributed by atoms with Crippen molar-refractivity contribution in [2.45, 2.75) is 27.7 Å². The molecule has 0 aliphatic rings. The van der Waals surface area contributed by atoms with E-state index < -0.39 is 5.41 Å². The van der Waals surface area contributed by atoms with E-state index in [2.05, 4.69) is 9.98 Å². The van der Waals surface area contributed by atoms with Crippen molar-refractivity contribution in [3.05, 3.63) is 29.8 Å². The molecule has 0 saturated carbocycles. The SMILES string of the molecule is CCOc1ccc(/C(N)=N/C(N)=NC(=O)C(C)(C)C)cc1. The molecule has 21 heavy (non-hydrogen) atoms. The van der Waals surface area contributed by atoms with Crippen LogP contribution in [0.15, 0.2) is 34.3 Å². The number of carbonyl (C=O) groups is 1. The van der Waals surface area contributed by atoms with Crippen molar-refractivity contribution in [1.29, 1.82) is 0 Å². The van der Waals surface area contributed by atoms with Crippen molar-refractivity contribution in [3.8, 4) is 5.75 Å². The number of carbonyl (C=O) groups excluding carboxylic acids is 1. The summed E-state index contributed by atoms with van der Waals surface area (Å²) in [6.07, 6.45) is 0. The van der Waals surface area contributed by atoms with Gasteiger partial charge in [-0.25, -0.2) is 0 Å². The predicted molar refractivity (Wildman–Crippen MR) is 84.4 cm³/mol. The minimum absolute atomic E-state index is 0.152. The summed E-state index contributed by atoms with van der Waals surface area (Å²) in [5, 5.41) is 0. The monoisotopic (exact) mass is 290 g/mol. The average molecular weight is 290 g/mol. The summed E-state index contributed by atoms with van der Waals surface area (Å²) in [4.78, 5) is 19.4. The molecule has 0 saturated heterocycles. The number of rotatable bonds is 3. The third-order valence-electron chi connectivity index (χ3n) is 2.55. The zero-order valence-corrected chi connectivity index (χ0v) is 12.9. The van der Waals surface area contributed by atoms with Gasteiger partial charge in [0.15, 0.2) is 0 Å². The average Bonchev–Trinajstić information content (AvgIpc) is 2.38.